The molecule has 0 bridgehead atoms. The lowest BCUT2D eigenvalue weighted by atomic mass is 10.1. The predicted molar refractivity (Wildman–Crippen MR) is 107 cm³/mol. The highest BCUT2D eigenvalue weighted by molar-refractivity contribution is 5.99. The molecule has 4 rings (SSSR count). The molecule has 0 unspecified atom stereocenters. The van der Waals surface area contributed by atoms with Crippen molar-refractivity contribution < 1.29 is 14.3 Å². The zero-order valence-electron chi connectivity index (χ0n) is 15.4. The lowest BCUT2D eigenvalue weighted by Crippen LogP contribution is -2.26. The number of carbonyl (C=O) groups is 1. The van der Waals surface area contributed by atoms with E-state index in [1.807, 2.05) is 48.5 Å². The van der Waals surface area contributed by atoms with Gasteiger partial charge < -0.3 is 20.1 Å². The van der Waals surface area contributed by atoms with E-state index in [-0.39, 0.29) is 5.91 Å². The molecule has 1 aliphatic heterocycles. The number of carbonyl (C=O) groups excluding carboxylic acids is 1. The van der Waals surface area contributed by atoms with Crippen molar-refractivity contribution in [1.82, 2.24) is 10.3 Å². The van der Waals surface area contributed by atoms with Gasteiger partial charge in [-0.25, -0.2) is 4.98 Å². The average Bonchev–Trinajstić information content (AvgIpc) is 2.75. The molecule has 1 aliphatic rings. The first-order chi connectivity index (χ1) is 13.8. The van der Waals surface area contributed by atoms with Crippen LogP contribution in [-0.2, 0) is 6.42 Å². The monoisotopic (exact) mass is 375 g/mol. The highest BCUT2D eigenvalue weighted by Crippen LogP contribution is 2.33. The maximum absolute atomic E-state index is 12.6. The quantitative estimate of drug-likeness (QED) is 0.689. The number of nitrogens with zero attached hydrogens (tertiary/aromatic N) is 1. The van der Waals surface area contributed by atoms with Crippen molar-refractivity contribution in [3.63, 3.8) is 0 Å². The molecule has 1 amide bonds. The lowest BCUT2D eigenvalue weighted by molar-refractivity contribution is 0.0954. The number of anilines is 2. The second-order valence-electron chi connectivity index (χ2n) is 6.37. The summed E-state index contributed by atoms with van der Waals surface area (Å²) in [6.45, 7) is 1.63. The van der Waals surface area contributed by atoms with E-state index in [9.17, 15) is 4.79 Å². The van der Waals surface area contributed by atoms with Gasteiger partial charge in [0.15, 0.2) is 11.5 Å². The van der Waals surface area contributed by atoms with E-state index >= 15 is 0 Å². The van der Waals surface area contributed by atoms with E-state index in [0.717, 1.165) is 17.9 Å². The molecule has 2 heterocycles. The molecule has 6 heteroatoms. The van der Waals surface area contributed by atoms with Crippen LogP contribution in [0.25, 0.3) is 0 Å². The number of ether oxygens (including phenoxy) is 2. The van der Waals surface area contributed by atoms with Crippen LogP contribution in [0.15, 0.2) is 66.9 Å². The fourth-order valence-electron chi connectivity index (χ4n) is 3.01. The summed E-state index contributed by atoms with van der Waals surface area (Å²) in [6, 6.07) is 19.1. The van der Waals surface area contributed by atoms with Crippen LogP contribution in [0.5, 0.6) is 11.5 Å². The molecule has 2 aromatic carbocycles. The smallest absolute Gasteiger partial charge is 0.255 e. The highest BCUT2D eigenvalue weighted by Gasteiger charge is 2.15. The summed E-state index contributed by atoms with van der Waals surface area (Å²) in [5, 5.41) is 6.16. The summed E-state index contributed by atoms with van der Waals surface area (Å²) in [4.78, 5) is 17.0. The Balaban J connectivity index is 1.43. The number of amides is 1. The number of pyridine rings is 1. The molecule has 0 saturated heterocycles. The van der Waals surface area contributed by atoms with Crippen LogP contribution in [0.1, 0.15) is 15.9 Å². The third-order valence-corrected chi connectivity index (χ3v) is 4.40. The summed E-state index contributed by atoms with van der Waals surface area (Å²) in [5.74, 6) is 1.73. The minimum Gasteiger partial charge on any atom is -0.486 e. The molecular weight excluding hydrogens is 354 g/mol. The number of benzene rings is 2. The third-order valence-electron chi connectivity index (χ3n) is 4.40. The van der Waals surface area contributed by atoms with Crippen molar-refractivity contribution in [3.05, 3.63) is 78.0 Å². The minimum atomic E-state index is -0.163. The molecule has 0 radical (unpaired) electrons. The van der Waals surface area contributed by atoms with E-state index < -0.39 is 0 Å². The van der Waals surface area contributed by atoms with Gasteiger partial charge in [-0.1, -0.05) is 30.3 Å². The Morgan fingerprint density at radius 1 is 0.964 bits per heavy atom. The standard InChI is InChI=1S/C22H21N3O3/c26-22(24-12-10-16-5-2-1-3-6-16)18-7-4-11-23-21(18)25-17-8-9-19-20(15-17)28-14-13-27-19/h1-9,11,15H,10,12-14H2,(H,23,25)(H,24,26). The van der Waals surface area contributed by atoms with E-state index in [2.05, 4.69) is 15.6 Å². The van der Waals surface area contributed by atoms with Gasteiger partial charge in [-0.2, -0.15) is 0 Å². The number of hydrogen-bond donors (Lipinski definition) is 2. The number of rotatable bonds is 6. The Kier molecular flexibility index (Phi) is 5.38. The second kappa shape index (κ2) is 8.43. The number of nitrogens with one attached hydrogen (secondary N) is 2. The SMILES string of the molecule is O=C(NCCc1ccccc1)c1cccnc1Nc1ccc2c(c1)OCCO2. The Bertz CT molecular complexity index is 960. The number of aromatic nitrogens is 1. The predicted octanol–water partition coefficient (Wildman–Crippen LogP) is 3.57. The zero-order chi connectivity index (χ0) is 19.2. The first kappa shape index (κ1) is 17.9. The van der Waals surface area contributed by atoms with Gasteiger partial charge in [0.1, 0.15) is 19.0 Å². The average molecular weight is 375 g/mol. The van der Waals surface area contributed by atoms with E-state index in [0.29, 0.717) is 36.9 Å². The van der Waals surface area contributed by atoms with Gasteiger partial charge in [0.2, 0.25) is 0 Å². The van der Waals surface area contributed by atoms with Crippen molar-refractivity contribution in [2.45, 2.75) is 6.42 Å². The van der Waals surface area contributed by atoms with Crippen molar-refractivity contribution >= 4 is 17.4 Å². The van der Waals surface area contributed by atoms with Crippen molar-refractivity contribution in [2.24, 2.45) is 0 Å². The molecule has 3 aromatic rings. The molecule has 28 heavy (non-hydrogen) atoms. The van der Waals surface area contributed by atoms with Gasteiger partial charge in [-0.05, 0) is 36.2 Å². The van der Waals surface area contributed by atoms with Gasteiger partial charge in [0, 0.05) is 24.5 Å². The van der Waals surface area contributed by atoms with Crippen LogP contribution < -0.4 is 20.1 Å². The van der Waals surface area contributed by atoms with E-state index in [4.69, 9.17) is 9.47 Å². The Hall–Kier alpha value is -3.54. The third kappa shape index (κ3) is 4.23. The largest absolute Gasteiger partial charge is 0.486 e. The van der Waals surface area contributed by atoms with Gasteiger partial charge in [0.05, 0.1) is 5.56 Å². The zero-order valence-corrected chi connectivity index (χ0v) is 15.4. The van der Waals surface area contributed by atoms with Crippen LogP contribution >= 0.6 is 0 Å². The highest BCUT2D eigenvalue weighted by atomic mass is 16.6. The number of fused-ring (bicyclic) bond motifs is 1. The molecular formula is C22H21N3O3. The Morgan fingerprint density at radius 3 is 2.64 bits per heavy atom. The number of hydrogen-bond acceptors (Lipinski definition) is 5. The van der Waals surface area contributed by atoms with Crippen LogP contribution in [0.3, 0.4) is 0 Å². The summed E-state index contributed by atoms with van der Waals surface area (Å²) >= 11 is 0. The van der Waals surface area contributed by atoms with Gasteiger partial charge in [-0.15, -0.1) is 0 Å². The first-order valence-corrected chi connectivity index (χ1v) is 9.23. The van der Waals surface area contributed by atoms with Crippen molar-refractivity contribution in [1.29, 1.82) is 0 Å². The van der Waals surface area contributed by atoms with Gasteiger partial charge in [0.25, 0.3) is 5.91 Å². The maximum Gasteiger partial charge on any atom is 0.255 e. The van der Waals surface area contributed by atoms with Crippen LogP contribution in [0.2, 0.25) is 0 Å². The maximum atomic E-state index is 12.6. The topological polar surface area (TPSA) is 72.5 Å². The Labute approximate surface area is 163 Å². The molecule has 142 valence electrons. The van der Waals surface area contributed by atoms with Crippen LogP contribution in [0.4, 0.5) is 11.5 Å². The molecule has 2 N–H and O–H groups in total. The minimum absolute atomic E-state index is 0.163. The normalized spacial score (nSPS) is 12.3. The lowest BCUT2D eigenvalue weighted by Gasteiger charge is -2.19. The molecule has 0 spiro atoms. The summed E-state index contributed by atoms with van der Waals surface area (Å²) < 4.78 is 11.1. The summed E-state index contributed by atoms with van der Waals surface area (Å²) in [6.07, 6.45) is 2.43. The molecule has 1 aromatic heterocycles. The second-order valence-corrected chi connectivity index (χ2v) is 6.37. The molecule has 0 atom stereocenters. The fraction of sp³-hybridized carbons (Fsp3) is 0.182. The first-order valence-electron chi connectivity index (χ1n) is 9.23. The van der Waals surface area contributed by atoms with Crippen LogP contribution in [0, 0.1) is 0 Å². The van der Waals surface area contributed by atoms with Gasteiger partial charge in [-0.3, -0.25) is 4.79 Å². The summed E-state index contributed by atoms with van der Waals surface area (Å²) in [7, 11) is 0. The van der Waals surface area contributed by atoms with Crippen molar-refractivity contribution in [2.75, 3.05) is 25.1 Å². The van der Waals surface area contributed by atoms with Crippen LogP contribution in [-0.4, -0.2) is 30.6 Å². The van der Waals surface area contributed by atoms with Gasteiger partial charge >= 0.3 is 0 Å². The van der Waals surface area contributed by atoms with E-state index in [1.54, 1.807) is 18.3 Å². The fourth-order valence-corrected chi connectivity index (χ4v) is 3.01. The van der Waals surface area contributed by atoms with E-state index in [1.165, 1.54) is 5.56 Å². The van der Waals surface area contributed by atoms with Crippen molar-refractivity contribution in [3.8, 4) is 11.5 Å². The molecule has 0 fully saturated rings. The summed E-state index contributed by atoms with van der Waals surface area (Å²) in [5.41, 5.74) is 2.45. The molecule has 0 saturated carbocycles. The molecule has 6 nitrogen and oxygen atoms in total. The Morgan fingerprint density at radius 2 is 1.79 bits per heavy atom. The molecule has 0 aliphatic carbocycles.